The molecule has 0 aliphatic carbocycles. The number of nitrogens with zero attached hydrogens (tertiary/aromatic N) is 5. The van der Waals surface area contributed by atoms with Gasteiger partial charge < -0.3 is 0 Å². The van der Waals surface area contributed by atoms with E-state index in [0.717, 1.165) is 16.5 Å². The number of benzene rings is 1. The summed E-state index contributed by atoms with van der Waals surface area (Å²) in [6.45, 7) is 0.267. The van der Waals surface area contributed by atoms with Gasteiger partial charge >= 0.3 is 0 Å². The summed E-state index contributed by atoms with van der Waals surface area (Å²) in [6.07, 6.45) is 6.86. The molecule has 1 aliphatic rings. The predicted molar refractivity (Wildman–Crippen MR) is 96.5 cm³/mol. The molecule has 4 heterocycles. The van der Waals surface area contributed by atoms with E-state index in [0.29, 0.717) is 16.7 Å². The smallest absolute Gasteiger partial charge is 0.266 e. The van der Waals surface area contributed by atoms with E-state index in [1.54, 1.807) is 41.4 Å². The van der Waals surface area contributed by atoms with Gasteiger partial charge in [0, 0.05) is 30.0 Å². The summed E-state index contributed by atoms with van der Waals surface area (Å²) in [6, 6.07) is 12.5. The monoisotopic (exact) mass is 363 g/mol. The van der Waals surface area contributed by atoms with E-state index >= 15 is 0 Å². The minimum Gasteiger partial charge on any atom is -0.284 e. The van der Waals surface area contributed by atoms with Crippen molar-refractivity contribution in [1.82, 2.24) is 19.5 Å². The van der Waals surface area contributed by atoms with Crippen molar-refractivity contribution >= 4 is 26.7 Å². The molecule has 128 valence electrons. The Labute approximate surface area is 149 Å². The average Bonchev–Trinajstić information content (AvgIpc) is 3.21. The molecule has 0 bridgehead atoms. The van der Waals surface area contributed by atoms with Crippen LogP contribution in [0.3, 0.4) is 0 Å². The lowest BCUT2D eigenvalue weighted by atomic mass is 10.2. The molecule has 0 radical (unpaired) electrons. The lowest BCUT2D eigenvalue weighted by Gasteiger charge is -2.16. The normalized spacial score (nSPS) is 15.3. The summed E-state index contributed by atoms with van der Waals surface area (Å²) in [4.78, 5) is 13.3. The molecule has 0 atom stereocenters. The standard InChI is InChI=1S/C18H13N5O2S/c24-26(25)16-4-2-1-3-14(16)12-23(26)17-6-9-20-18(21-17)22-10-7-13-5-8-19-11-15(13)22/h1-11H,12H2. The quantitative estimate of drug-likeness (QED) is 0.547. The maximum Gasteiger partial charge on any atom is 0.266 e. The number of hydrogen-bond acceptors (Lipinski definition) is 5. The van der Waals surface area contributed by atoms with Gasteiger partial charge in [0.15, 0.2) is 0 Å². The summed E-state index contributed by atoms with van der Waals surface area (Å²) < 4.78 is 28.8. The molecule has 0 spiro atoms. The van der Waals surface area contributed by atoms with E-state index in [2.05, 4.69) is 15.0 Å². The zero-order valence-corrected chi connectivity index (χ0v) is 14.3. The van der Waals surface area contributed by atoms with Crippen molar-refractivity contribution < 1.29 is 8.42 Å². The van der Waals surface area contributed by atoms with E-state index in [1.165, 1.54) is 4.31 Å². The number of sulfonamides is 1. The lowest BCUT2D eigenvalue weighted by molar-refractivity contribution is 0.596. The topological polar surface area (TPSA) is 81.0 Å². The second-order valence-electron chi connectivity index (χ2n) is 5.95. The zero-order chi connectivity index (χ0) is 17.7. The fraction of sp³-hybridized carbons (Fsp3) is 0.0556. The van der Waals surface area contributed by atoms with Crippen molar-refractivity contribution in [2.45, 2.75) is 11.4 Å². The number of hydrogen-bond donors (Lipinski definition) is 0. The molecule has 8 heteroatoms. The molecule has 0 unspecified atom stereocenters. The van der Waals surface area contributed by atoms with Crippen LogP contribution in [0.1, 0.15) is 5.56 Å². The Morgan fingerprint density at radius 3 is 2.77 bits per heavy atom. The minimum absolute atomic E-state index is 0.267. The first-order valence-electron chi connectivity index (χ1n) is 8.00. The highest BCUT2D eigenvalue weighted by Crippen LogP contribution is 2.33. The van der Waals surface area contributed by atoms with E-state index in [4.69, 9.17) is 0 Å². The number of aromatic nitrogens is 4. The molecule has 3 aromatic heterocycles. The molecule has 5 rings (SSSR count). The van der Waals surface area contributed by atoms with E-state index in [1.807, 2.05) is 30.5 Å². The molecule has 1 aliphatic heterocycles. The molecule has 0 saturated heterocycles. The maximum absolute atomic E-state index is 12.8. The van der Waals surface area contributed by atoms with Crippen LogP contribution in [0.2, 0.25) is 0 Å². The van der Waals surface area contributed by atoms with Gasteiger partial charge in [-0.3, -0.25) is 9.55 Å². The van der Waals surface area contributed by atoms with Gasteiger partial charge in [-0.05, 0) is 23.8 Å². The molecular formula is C18H13N5O2S. The molecule has 26 heavy (non-hydrogen) atoms. The van der Waals surface area contributed by atoms with Gasteiger partial charge in [-0.25, -0.2) is 17.7 Å². The van der Waals surface area contributed by atoms with Crippen LogP contribution in [0.4, 0.5) is 5.82 Å². The summed E-state index contributed by atoms with van der Waals surface area (Å²) in [5, 5.41) is 1.01. The van der Waals surface area contributed by atoms with Gasteiger partial charge in [-0.15, -0.1) is 0 Å². The van der Waals surface area contributed by atoms with Gasteiger partial charge in [-0.2, -0.15) is 4.98 Å². The Morgan fingerprint density at radius 1 is 1.00 bits per heavy atom. The first kappa shape index (κ1) is 15.0. The van der Waals surface area contributed by atoms with Crippen molar-refractivity contribution in [3.05, 3.63) is 72.8 Å². The van der Waals surface area contributed by atoms with Crippen LogP contribution in [0.25, 0.3) is 16.9 Å². The summed E-state index contributed by atoms with van der Waals surface area (Å²) in [5.74, 6) is 0.744. The Hall–Kier alpha value is -3.26. The van der Waals surface area contributed by atoms with Crippen LogP contribution in [0, 0.1) is 0 Å². The maximum atomic E-state index is 12.8. The molecular weight excluding hydrogens is 350 g/mol. The average molecular weight is 363 g/mol. The molecule has 1 aromatic carbocycles. The van der Waals surface area contributed by atoms with Crippen LogP contribution < -0.4 is 4.31 Å². The van der Waals surface area contributed by atoms with Crippen molar-refractivity contribution in [3.63, 3.8) is 0 Å². The highest BCUT2D eigenvalue weighted by atomic mass is 32.2. The van der Waals surface area contributed by atoms with Crippen LogP contribution in [0.5, 0.6) is 0 Å². The molecule has 7 nitrogen and oxygen atoms in total. The largest absolute Gasteiger partial charge is 0.284 e. The fourth-order valence-electron chi connectivity index (χ4n) is 3.19. The Bertz CT molecular complexity index is 1250. The van der Waals surface area contributed by atoms with E-state index < -0.39 is 10.0 Å². The second kappa shape index (κ2) is 5.37. The van der Waals surface area contributed by atoms with Crippen LogP contribution in [0.15, 0.2) is 72.1 Å². The second-order valence-corrected chi connectivity index (χ2v) is 7.79. The minimum atomic E-state index is -3.61. The van der Waals surface area contributed by atoms with Crippen molar-refractivity contribution in [1.29, 1.82) is 0 Å². The van der Waals surface area contributed by atoms with Crippen molar-refractivity contribution in [3.8, 4) is 5.95 Å². The first-order chi connectivity index (χ1) is 12.6. The fourth-order valence-corrected chi connectivity index (χ4v) is 4.80. The van der Waals surface area contributed by atoms with Gasteiger partial charge in [-0.1, -0.05) is 18.2 Å². The first-order valence-corrected chi connectivity index (χ1v) is 9.44. The van der Waals surface area contributed by atoms with Gasteiger partial charge in [0.25, 0.3) is 10.0 Å². The SMILES string of the molecule is O=S1(=O)c2ccccc2CN1c1ccnc(-n2ccc3ccncc32)n1. The molecule has 4 aromatic rings. The van der Waals surface area contributed by atoms with Gasteiger partial charge in [0.1, 0.15) is 5.82 Å². The number of rotatable bonds is 2. The van der Waals surface area contributed by atoms with Crippen LogP contribution in [-0.4, -0.2) is 27.9 Å². The molecule has 0 saturated carbocycles. The van der Waals surface area contributed by atoms with Crippen LogP contribution >= 0.6 is 0 Å². The van der Waals surface area contributed by atoms with Crippen LogP contribution in [-0.2, 0) is 16.6 Å². The highest BCUT2D eigenvalue weighted by molar-refractivity contribution is 7.93. The molecule has 0 fully saturated rings. The third kappa shape index (κ3) is 2.12. The Balaban J connectivity index is 1.62. The number of fused-ring (bicyclic) bond motifs is 2. The Morgan fingerprint density at radius 2 is 1.88 bits per heavy atom. The number of pyridine rings is 1. The zero-order valence-electron chi connectivity index (χ0n) is 13.5. The van der Waals surface area contributed by atoms with Gasteiger partial charge in [0.2, 0.25) is 5.95 Å². The third-order valence-corrected chi connectivity index (χ3v) is 6.30. The molecule has 0 amide bonds. The summed E-state index contributed by atoms with van der Waals surface area (Å²) >= 11 is 0. The van der Waals surface area contributed by atoms with E-state index in [-0.39, 0.29) is 6.54 Å². The third-order valence-electron chi connectivity index (χ3n) is 4.45. The lowest BCUT2D eigenvalue weighted by Crippen LogP contribution is -2.25. The Kier molecular flexibility index (Phi) is 3.10. The predicted octanol–water partition coefficient (Wildman–Crippen LogP) is 2.52. The van der Waals surface area contributed by atoms with E-state index in [9.17, 15) is 8.42 Å². The molecule has 0 N–H and O–H groups in total. The van der Waals surface area contributed by atoms with Crippen molar-refractivity contribution in [2.24, 2.45) is 0 Å². The van der Waals surface area contributed by atoms with Gasteiger partial charge in [0.05, 0.1) is 23.2 Å². The highest BCUT2D eigenvalue weighted by Gasteiger charge is 2.35. The summed E-state index contributed by atoms with van der Waals surface area (Å²) in [5.41, 5.74) is 1.63. The number of anilines is 1. The summed E-state index contributed by atoms with van der Waals surface area (Å²) in [7, 11) is -3.61. The van der Waals surface area contributed by atoms with Crippen molar-refractivity contribution in [2.75, 3.05) is 4.31 Å².